The van der Waals surface area contributed by atoms with Crippen LogP contribution in [0, 0.1) is 0 Å². The van der Waals surface area contributed by atoms with Crippen LogP contribution in [0.15, 0.2) is 37.0 Å². The minimum atomic E-state index is -0.990. The van der Waals surface area contributed by atoms with Gasteiger partial charge in [-0.15, -0.1) is 6.58 Å². The summed E-state index contributed by atoms with van der Waals surface area (Å²) in [7, 11) is 0. The molecule has 2 amide bonds. The molecular formula is C17H26N2O4. The fourth-order valence-electron chi connectivity index (χ4n) is 2.09. The zero-order valence-corrected chi connectivity index (χ0v) is 13.8. The molecule has 0 aliphatic heterocycles. The van der Waals surface area contributed by atoms with Crippen molar-refractivity contribution in [3.05, 3.63) is 37.0 Å². The number of hydrogen-bond acceptors (Lipinski definition) is 3. The van der Waals surface area contributed by atoms with Gasteiger partial charge in [-0.1, -0.05) is 30.4 Å². The Bertz CT molecular complexity index is 483. The van der Waals surface area contributed by atoms with Gasteiger partial charge in [-0.3, -0.25) is 14.4 Å². The number of carboxylic acids is 1. The lowest BCUT2D eigenvalue weighted by molar-refractivity contribution is -0.138. The Labute approximate surface area is 137 Å². The molecule has 0 spiro atoms. The second kappa shape index (κ2) is 11.2. The number of carbonyl (C=O) groups excluding carboxylic acids is 2. The molecule has 0 rings (SSSR count). The molecule has 6 heteroatoms. The quantitative estimate of drug-likeness (QED) is 0.400. The van der Waals surface area contributed by atoms with Gasteiger partial charge in [-0.05, 0) is 26.2 Å². The third-order valence-electron chi connectivity index (χ3n) is 3.28. The largest absolute Gasteiger partial charge is 0.481 e. The van der Waals surface area contributed by atoms with Gasteiger partial charge in [0.15, 0.2) is 0 Å². The van der Waals surface area contributed by atoms with Crippen LogP contribution in [-0.2, 0) is 14.4 Å². The molecule has 0 fully saturated rings. The highest BCUT2D eigenvalue weighted by atomic mass is 16.4. The Morgan fingerprint density at radius 2 is 1.87 bits per heavy atom. The van der Waals surface area contributed by atoms with E-state index in [4.69, 9.17) is 5.11 Å². The average molecular weight is 322 g/mol. The number of carbonyl (C=O) groups is 3. The van der Waals surface area contributed by atoms with Crippen molar-refractivity contribution in [1.82, 2.24) is 10.6 Å². The first kappa shape index (κ1) is 20.6. The van der Waals surface area contributed by atoms with Crippen LogP contribution in [0.25, 0.3) is 0 Å². The molecule has 1 unspecified atom stereocenters. The molecule has 2 atom stereocenters. The summed E-state index contributed by atoms with van der Waals surface area (Å²) < 4.78 is 0. The van der Waals surface area contributed by atoms with E-state index in [1.807, 2.05) is 13.0 Å². The van der Waals surface area contributed by atoms with Gasteiger partial charge in [-0.2, -0.15) is 0 Å². The van der Waals surface area contributed by atoms with Crippen molar-refractivity contribution >= 4 is 17.8 Å². The Balaban J connectivity index is 4.86. The van der Waals surface area contributed by atoms with Gasteiger partial charge < -0.3 is 15.7 Å². The van der Waals surface area contributed by atoms with Crippen LogP contribution in [-0.4, -0.2) is 35.0 Å². The number of hydrogen-bond donors (Lipinski definition) is 3. The van der Waals surface area contributed by atoms with Crippen LogP contribution >= 0.6 is 0 Å². The minimum Gasteiger partial charge on any atom is -0.481 e. The van der Waals surface area contributed by atoms with E-state index in [1.165, 1.54) is 13.0 Å². The van der Waals surface area contributed by atoms with Gasteiger partial charge in [0.05, 0.1) is 6.42 Å². The van der Waals surface area contributed by atoms with Gasteiger partial charge >= 0.3 is 5.97 Å². The Morgan fingerprint density at radius 3 is 2.30 bits per heavy atom. The van der Waals surface area contributed by atoms with Crippen molar-refractivity contribution in [2.45, 2.75) is 51.6 Å². The van der Waals surface area contributed by atoms with Gasteiger partial charge in [0.1, 0.15) is 6.04 Å². The predicted octanol–water partition coefficient (Wildman–Crippen LogP) is 1.94. The maximum atomic E-state index is 12.2. The Kier molecular flexibility index (Phi) is 10.1. The average Bonchev–Trinajstić information content (AvgIpc) is 2.46. The maximum absolute atomic E-state index is 12.2. The molecule has 0 saturated heterocycles. The third kappa shape index (κ3) is 9.29. The molecule has 0 bridgehead atoms. The molecule has 23 heavy (non-hydrogen) atoms. The van der Waals surface area contributed by atoms with E-state index in [9.17, 15) is 14.4 Å². The number of rotatable bonds is 11. The fraction of sp³-hybridized carbons (Fsp3) is 0.471. The maximum Gasteiger partial charge on any atom is 0.305 e. The third-order valence-corrected chi connectivity index (χ3v) is 3.28. The molecule has 0 heterocycles. The van der Waals surface area contributed by atoms with Crippen molar-refractivity contribution in [1.29, 1.82) is 0 Å². The van der Waals surface area contributed by atoms with E-state index in [2.05, 4.69) is 23.8 Å². The van der Waals surface area contributed by atoms with Crippen molar-refractivity contribution in [3.8, 4) is 0 Å². The van der Waals surface area contributed by atoms with E-state index in [0.29, 0.717) is 12.8 Å². The van der Waals surface area contributed by atoms with Crippen LogP contribution in [0.5, 0.6) is 0 Å². The molecule has 0 aromatic heterocycles. The number of aliphatic carboxylic acids is 1. The molecule has 0 aliphatic rings. The van der Waals surface area contributed by atoms with E-state index in [1.54, 1.807) is 6.08 Å². The van der Waals surface area contributed by atoms with Gasteiger partial charge in [0.2, 0.25) is 11.8 Å². The van der Waals surface area contributed by atoms with Crippen molar-refractivity contribution in [2.24, 2.45) is 0 Å². The second-order valence-electron chi connectivity index (χ2n) is 5.19. The number of carboxylic acid groups (broad SMARTS) is 1. The SMILES string of the molecule is C=CCC(NC(C)=O)C(=O)N[C@H](CC/C(C=C)=C/C)CC(=O)O. The van der Waals surface area contributed by atoms with Crippen LogP contribution < -0.4 is 10.6 Å². The molecule has 6 nitrogen and oxygen atoms in total. The van der Waals surface area contributed by atoms with Gasteiger partial charge in [-0.25, -0.2) is 0 Å². The lowest BCUT2D eigenvalue weighted by Gasteiger charge is -2.22. The smallest absolute Gasteiger partial charge is 0.305 e. The van der Waals surface area contributed by atoms with Crippen LogP contribution in [0.2, 0.25) is 0 Å². The first-order valence-electron chi connectivity index (χ1n) is 7.51. The summed E-state index contributed by atoms with van der Waals surface area (Å²) in [5, 5.41) is 14.2. The summed E-state index contributed by atoms with van der Waals surface area (Å²) in [6.45, 7) is 10.4. The molecule has 128 valence electrons. The van der Waals surface area contributed by atoms with Crippen LogP contribution in [0.1, 0.15) is 39.5 Å². The summed E-state index contributed by atoms with van der Waals surface area (Å²) in [5.74, 6) is -1.73. The van der Waals surface area contributed by atoms with Crippen LogP contribution in [0.3, 0.4) is 0 Å². The second-order valence-corrected chi connectivity index (χ2v) is 5.19. The van der Waals surface area contributed by atoms with E-state index in [-0.39, 0.29) is 18.7 Å². The lowest BCUT2D eigenvalue weighted by Crippen LogP contribution is -2.49. The summed E-state index contributed by atoms with van der Waals surface area (Å²) in [6.07, 6.45) is 6.32. The molecule has 0 saturated carbocycles. The lowest BCUT2D eigenvalue weighted by atomic mass is 10.0. The summed E-state index contributed by atoms with van der Waals surface area (Å²) >= 11 is 0. The fourth-order valence-corrected chi connectivity index (χ4v) is 2.09. The highest BCUT2D eigenvalue weighted by Gasteiger charge is 2.22. The van der Waals surface area contributed by atoms with Crippen molar-refractivity contribution < 1.29 is 19.5 Å². The Hall–Kier alpha value is -2.37. The first-order valence-corrected chi connectivity index (χ1v) is 7.51. The number of allylic oxidation sites excluding steroid dienone is 3. The monoisotopic (exact) mass is 322 g/mol. The summed E-state index contributed by atoms with van der Waals surface area (Å²) in [6, 6.07) is -1.27. The Morgan fingerprint density at radius 1 is 1.22 bits per heavy atom. The molecule has 0 aromatic carbocycles. The van der Waals surface area contributed by atoms with Crippen molar-refractivity contribution in [3.63, 3.8) is 0 Å². The highest BCUT2D eigenvalue weighted by molar-refractivity contribution is 5.87. The normalized spacial score (nSPS) is 13.6. The van der Waals surface area contributed by atoms with Gasteiger partial charge in [0.25, 0.3) is 0 Å². The topological polar surface area (TPSA) is 95.5 Å². The van der Waals surface area contributed by atoms with E-state index < -0.39 is 24.0 Å². The zero-order valence-electron chi connectivity index (χ0n) is 13.8. The van der Waals surface area contributed by atoms with Gasteiger partial charge in [0, 0.05) is 13.0 Å². The standard InChI is InChI=1S/C17H26N2O4/c1-5-8-15(18-12(4)20)17(23)19-14(11-16(21)22)10-9-13(6-2)7-3/h5-7,14-15H,1-2,8-11H2,3-4H3,(H,18,20)(H,19,23)(H,21,22)/b13-7+/t14-,15?/m1/s1. The van der Waals surface area contributed by atoms with E-state index in [0.717, 1.165) is 5.57 Å². The predicted molar refractivity (Wildman–Crippen MR) is 89.8 cm³/mol. The molecule has 0 aromatic rings. The van der Waals surface area contributed by atoms with E-state index >= 15 is 0 Å². The molecular weight excluding hydrogens is 296 g/mol. The number of nitrogens with one attached hydrogen (secondary N) is 2. The molecule has 3 N–H and O–H groups in total. The molecule has 0 radical (unpaired) electrons. The first-order chi connectivity index (χ1) is 10.8. The molecule has 0 aliphatic carbocycles. The summed E-state index contributed by atoms with van der Waals surface area (Å²) in [5.41, 5.74) is 0.985. The highest BCUT2D eigenvalue weighted by Crippen LogP contribution is 2.11. The zero-order chi connectivity index (χ0) is 17.8. The number of amides is 2. The summed E-state index contributed by atoms with van der Waals surface area (Å²) in [4.78, 5) is 34.4. The van der Waals surface area contributed by atoms with Crippen molar-refractivity contribution in [2.75, 3.05) is 0 Å². The van der Waals surface area contributed by atoms with Crippen LogP contribution in [0.4, 0.5) is 0 Å². The minimum absolute atomic E-state index is 0.180.